The van der Waals surface area contributed by atoms with Gasteiger partial charge in [0.2, 0.25) is 5.89 Å². The van der Waals surface area contributed by atoms with Crippen LogP contribution < -0.4 is 10.6 Å². The molecule has 1 amide bonds. The molecule has 192 valence electrons. The van der Waals surface area contributed by atoms with Crippen molar-refractivity contribution < 1.29 is 13.6 Å². The van der Waals surface area contributed by atoms with Crippen molar-refractivity contribution in [2.45, 2.75) is 26.7 Å². The van der Waals surface area contributed by atoms with E-state index in [0.29, 0.717) is 38.9 Å². The first-order valence-electron chi connectivity index (χ1n) is 11.9. The Hall–Kier alpha value is -3.65. The number of aromatic nitrogens is 1. The average molecular weight is 564 g/mol. The molecule has 6 nitrogen and oxygen atoms in total. The quantitative estimate of drug-likeness (QED) is 0.208. The van der Waals surface area contributed by atoms with E-state index < -0.39 is 5.91 Å². The number of anilines is 1. The van der Waals surface area contributed by atoms with Crippen LogP contribution in [0.2, 0.25) is 10.0 Å². The Morgan fingerprint density at radius 1 is 0.921 bits per heavy atom. The van der Waals surface area contributed by atoms with Gasteiger partial charge in [0.05, 0.1) is 10.0 Å². The number of carbonyl (C=O) groups is 1. The topological polar surface area (TPSA) is 80.3 Å². The molecule has 2 N–H and O–H groups in total. The first-order valence-corrected chi connectivity index (χ1v) is 13.0. The lowest BCUT2D eigenvalue weighted by atomic mass is 10.0. The monoisotopic (exact) mass is 563 g/mol. The van der Waals surface area contributed by atoms with Crippen molar-refractivity contribution in [2.24, 2.45) is 0 Å². The first-order chi connectivity index (χ1) is 18.2. The number of carbonyl (C=O) groups excluding carboxylic acids is 1. The molecule has 3 aromatic carbocycles. The third-order valence-corrected chi connectivity index (χ3v) is 7.02. The number of aryl methyl sites for hydroxylation is 1. The minimum absolute atomic E-state index is 0.105. The van der Waals surface area contributed by atoms with E-state index in [1.165, 1.54) is 5.56 Å². The second kappa shape index (κ2) is 10.6. The van der Waals surface area contributed by atoms with Crippen LogP contribution in [0.25, 0.3) is 33.9 Å². The van der Waals surface area contributed by atoms with E-state index in [1.54, 1.807) is 30.3 Å². The summed E-state index contributed by atoms with van der Waals surface area (Å²) in [5.74, 6) is 1.00. The highest BCUT2D eigenvalue weighted by molar-refractivity contribution is 7.80. The third-order valence-electron chi connectivity index (χ3n) is 6.07. The van der Waals surface area contributed by atoms with Gasteiger partial charge < -0.3 is 14.2 Å². The smallest absolute Gasteiger partial charge is 0.293 e. The van der Waals surface area contributed by atoms with Crippen molar-refractivity contribution in [1.82, 2.24) is 10.3 Å². The van der Waals surface area contributed by atoms with Crippen LogP contribution in [0.4, 0.5) is 5.69 Å². The van der Waals surface area contributed by atoms with E-state index in [4.69, 9.17) is 44.3 Å². The van der Waals surface area contributed by atoms with Gasteiger partial charge in [-0.15, -0.1) is 0 Å². The standard InChI is InChI=1S/C29H23Cl2N3O3S/c1-15(2)17-7-9-25-23(13-17)32-28(37-25)19-5-4-16(3)22(14-19)33-29(38)34-27(35)26-11-10-24(36-26)18-6-8-20(30)21(31)12-18/h4-15H,1-3H3,(H2,33,34,35,38). The van der Waals surface area contributed by atoms with Crippen molar-refractivity contribution >= 4 is 63.2 Å². The number of oxazole rings is 1. The van der Waals surface area contributed by atoms with Gasteiger partial charge in [0, 0.05) is 16.8 Å². The fraction of sp³-hybridized carbons (Fsp3) is 0.138. The molecule has 0 unspecified atom stereocenters. The molecule has 0 radical (unpaired) electrons. The number of rotatable bonds is 5. The SMILES string of the molecule is Cc1ccc(-c2nc3cc(C(C)C)ccc3o2)cc1NC(=S)NC(=O)c1ccc(-c2ccc(Cl)c(Cl)c2)o1. The van der Waals surface area contributed by atoms with Crippen molar-refractivity contribution in [3.63, 3.8) is 0 Å². The number of amides is 1. The van der Waals surface area contributed by atoms with Gasteiger partial charge in [-0.25, -0.2) is 4.98 Å². The molecule has 0 aliphatic heterocycles. The molecule has 38 heavy (non-hydrogen) atoms. The predicted molar refractivity (Wildman–Crippen MR) is 156 cm³/mol. The lowest BCUT2D eigenvalue weighted by molar-refractivity contribution is 0.0951. The van der Waals surface area contributed by atoms with Crippen LogP contribution in [-0.4, -0.2) is 16.0 Å². The maximum atomic E-state index is 12.8. The van der Waals surface area contributed by atoms with E-state index in [-0.39, 0.29) is 10.9 Å². The number of benzene rings is 3. The number of furan rings is 1. The molecule has 0 bridgehead atoms. The Labute approximate surface area is 235 Å². The number of nitrogens with one attached hydrogen (secondary N) is 2. The molecule has 0 saturated heterocycles. The van der Waals surface area contributed by atoms with Crippen LogP contribution >= 0.6 is 35.4 Å². The van der Waals surface area contributed by atoms with Crippen LogP contribution in [0.5, 0.6) is 0 Å². The molecule has 0 aliphatic rings. The van der Waals surface area contributed by atoms with E-state index in [1.807, 2.05) is 37.3 Å². The fourth-order valence-electron chi connectivity index (χ4n) is 3.90. The Balaban J connectivity index is 1.30. The van der Waals surface area contributed by atoms with Crippen molar-refractivity contribution in [3.8, 4) is 22.8 Å². The molecular weight excluding hydrogens is 541 g/mol. The molecule has 0 spiro atoms. The van der Waals surface area contributed by atoms with Crippen LogP contribution in [0.3, 0.4) is 0 Å². The second-order valence-corrected chi connectivity index (χ2v) is 10.4. The Morgan fingerprint density at radius 3 is 2.47 bits per heavy atom. The normalized spacial score (nSPS) is 11.2. The van der Waals surface area contributed by atoms with Crippen molar-refractivity contribution in [1.29, 1.82) is 0 Å². The van der Waals surface area contributed by atoms with Crippen LogP contribution in [0.1, 0.15) is 41.4 Å². The first kappa shape index (κ1) is 26.0. The summed E-state index contributed by atoms with van der Waals surface area (Å²) in [5, 5.41) is 6.70. The summed E-state index contributed by atoms with van der Waals surface area (Å²) in [6, 6.07) is 20.2. The highest BCUT2D eigenvalue weighted by atomic mass is 35.5. The largest absolute Gasteiger partial charge is 0.451 e. The van der Waals surface area contributed by atoms with E-state index in [9.17, 15) is 4.79 Å². The van der Waals surface area contributed by atoms with Gasteiger partial charge in [-0.1, -0.05) is 49.2 Å². The van der Waals surface area contributed by atoms with Crippen molar-refractivity contribution in [3.05, 3.63) is 93.7 Å². The molecule has 5 aromatic rings. The summed E-state index contributed by atoms with van der Waals surface area (Å²) in [4.78, 5) is 17.4. The van der Waals surface area contributed by atoms with E-state index in [2.05, 4.69) is 35.5 Å². The Morgan fingerprint density at radius 2 is 1.71 bits per heavy atom. The van der Waals surface area contributed by atoms with Crippen LogP contribution in [0, 0.1) is 6.92 Å². The zero-order valence-electron chi connectivity index (χ0n) is 20.8. The van der Waals surface area contributed by atoms with Gasteiger partial charge in [-0.2, -0.15) is 0 Å². The Kier molecular flexibility index (Phi) is 7.25. The zero-order valence-corrected chi connectivity index (χ0v) is 23.1. The van der Waals surface area contributed by atoms with Crippen LogP contribution in [-0.2, 0) is 0 Å². The van der Waals surface area contributed by atoms with Gasteiger partial charge >= 0.3 is 0 Å². The second-order valence-electron chi connectivity index (χ2n) is 9.13. The lowest BCUT2D eigenvalue weighted by Gasteiger charge is -2.12. The molecule has 9 heteroatoms. The highest BCUT2D eigenvalue weighted by Gasteiger charge is 2.16. The number of halogens is 2. The molecule has 0 saturated carbocycles. The number of fused-ring (bicyclic) bond motifs is 1. The number of hydrogen-bond donors (Lipinski definition) is 2. The predicted octanol–water partition coefficient (Wildman–Crippen LogP) is 8.62. The van der Waals surface area contributed by atoms with Crippen molar-refractivity contribution in [2.75, 3.05) is 5.32 Å². The summed E-state index contributed by atoms with van der Waals surface area (Å²) in [6.07, 6.45) is 0. The van der Waals surface area contributed by atoms with Gasteiger partial charge in [0.15, 0.2) is 16.5 Å². The highest BCUT2D eigenvalue weighted by Crippen LogP contribution is 2.31. The third kappa shape index (κ3) is 5.45. The molecule has 2 heterocycles. The maximum absolute atomic E-state index is 12.8. The summed E-state index contributed by atoms with van der Waals surface area (Å²) in [5.41, 5.74) is 5.87. The number of hydrogen-bond acceptors (Lipinski definition) is 5. The molecular formula is C29H23Cl2N3O3S. The zero-order chi connectivity index (χ0) is 27.0. The summed E-state index contributed by atoms with van der Waals surface area (Å²) >= 11 is 17.5. The molecule has 0 aliphatic carbocycles. The minimum Gasteiger partial charge on any atom is -0.451 e. The fourth-order valence-corrected chi connectivity index (χ4v) is 4.40. The average Bonchev–Trinajstić information content (AvgIpc) is 3.54. The summed E-state index contributed by atoms with van der Waals surface area (Å²) < 4.78 is 11.7. The number of nitrogens with zero attached hydrogens (tertiary/aromatic N) is 1. The minimum atomic E-state index is -0.484. The van der Waals surface area contributed by atoms with E-state index in [0.717, 1.165) is 22.2 Å². The molecule has 0 atom stereocenters. The van der Waals surface area contributed by atoms with Gasteiger partial charge in [-0.3, -0.25) is 10.1 Å². The number of thiocarbonyl (C=S) groups is 1. The lowest BCUT2D eigenvalue weighted by Crippen LogP contribution is -2.34. The Bertz CT molecular complexity index is 1690. The molecule has 5 rings (SSSR count). The van der Waals surface area contributed by atoms with Gasteiger partial charge in [-0.05, 0) is 90.8 Å². The van der Waals surface area contributed by atoms with Gasteiger partial charge in [0.25, 0.3) is 5.91 Å². The summed E-state index contributed by atoms with van der Waals surface area (Å²) in [7, 11) is 0. The molecule has 0 fully saturated rings. The summed E-state index contributed by atoms with van der Waals surface area (Å²) in [6.45, 7) is 6.22. The van der Waals surface area contributed by atoms with E-state index >= 15 is 0 Å². The van der Waals surface area contributed by atoms with Gasteiger partial charge in [0.1, 0.15) is 11.3 Å². The van der Waals surface area contributed by atoms with Crippen LogP contribution in [0.15, 0.2) is 75.6 Å². The molecule has 2 aromatic heterocycles. The maximum Gasteiger partial charge on any atom is 0.293 e.